The molecule has 1 aliphatic heterocycles. The van der Waals surface area contributed by atoms with Crippen molar-refractivity contribution in [1.29, 1.82) is 0 Å². The summed E-state index contributed by atoms with van der Waals surface area (Å²) >= 11 is 0. The second-order valence-electron chi connectivity index (χ2n) is 6.93. The molecule has 7 heteroatoms. The molecular weight excluding hydrogens is 370 g/mol. The zero-order valence-electron chi connectivity index (χ0n) is 16.4. The smallest absolute Gasteiger partial charge is 0.261 e. The molecule has 0 aromatic heterocycles. The van der Waals surface area contributed by atoms with Crippen LogP contribution in [0.25, 0.3) is 0 Å². The number of fused-ring (bicyclic) bond motifs is 1. The lowest BCUT2D eigenvalue weighted by molar-refractivity contribution is -0.122. The minimum absolute atomic E-state index is 0.0695. The molecular formula is C22H23N3O4. The molecule has 1 atom stereocenters. The highest BCUT2D eigenvalue weighted by molar-refractivity contribution is 6.21. The Morgan fingerprint density at radius 3 is 2.28 bits per heavy atom. The lowest BCUT2D eigenvalue weighted by Gasteiger charge is -2.16. The monoisotopic (exact) mass is 393 g/mol. The summed E-state index contributed by atoms with van der Waals surface area (Å²) in [4.78, 5) is 50.6. The third kappa shape index (κ3) is 4.34. The second-order valence-corrected chi connectivity index (χ2v) is 6.93. The highest BCUT2D eigenvalue weighted by atomic mass is 16.2. The molecule has 0 spiro atoms. The van der Waals surface area contributed by atoms with Crippen molar-refractivity contribution in [2.75, 3.05) is 6.54 Å². The Balaban J connectivity index is 1.69. The molecule has 0 bridgehead atoms. The summed E-state index contributed by atoms with van der Waals surface area (Å²) in [5, 5.41) is 5.39. The number of nitrogens with one attached hydrogen (secondary N) is 2. The van der Waals surface area contributed by atoms with E-state index < -0.39 is 11.9 Å². The van der Waals surface area contributed by atoms with Crippen molar-refractivity contribution in [2.45, 2.75) is 32.9 Å². The molecule has 0 saturated carbocycles. The van der Waals surface area contributed by atoms with Gasteiger partial charge in [0.15, 0.2) is 0 Å². The minimum Gasteiger partial charge on any atom is -0.354 e. The largest absolute Gasteiger partial charge is 0.354 e. The van der Waals surface area contributed by atoms with Crippen LogP contribution in [0.3, 0.4) is 0 Å². The Morgan fingerprint density at radius 1 is 1.00 bits per heavy atom. The predicted octanol–water partition coefficient (Wildman–Crippen LogP) is 2.13. The molecule has 4 amide bonds. The predicted molar refractivity (Wildman–Crippen MR) is 107 cm³/mol. The summed E-state index contributed by atoms with van der Waals surface area (Å²) in [5.41, 5.74) is 1.78. The third-order valence-electron chi connectivity index (χ3n) is 4.70. The summed E-state index contributed by atoms with van der Waals surface area (Å²) in [5.74, 6) is -1.33. The fraction of sp³-hybridized carbons (Fsp3) is 0.273. The Hall–Kier alpha value is -3.48. The molecule has 0 radical (unpaired) electrons. The van der Waals surface area contributed by atoms with Crippen LogP contribution in [0.5, 0.6) is 0 Å². The van der Waals surface area contributed by atoms with Crippen molar-refractivity contribution < 1.29 is 19.2 Å². The van der Waals surface area contributed by atoms with Crippen LogP contribution in [0.15, 0.2) is 48.5 Å². The number of carbonyl (C=O) groups excluding carboxylic acids is 4. The van der Waals surface area contributed by atoms with Crippen LogP contribution in [0.1, 0.15) is 56.9 Å². The second kappa shape index (κ2) is 8.68. The third-order valence-corrected chi connectivity index (χ3v) is 4.70. The topological polar surface area (TPSA) is 95.6 Å². The molecule has 0 aliphatic carbocycles. The van der Waals surface area contributed by atoms with Gasteiger partial charge in [0, 0.05) is 12.1 Å². The lowest BCUT2D eigenvalue weighted by Crippen LogP contribution is -2.45. The van der Waals surface area contributed by atoms with E-state index in [4.69, 9.17) is 0 Å². The first-order valence-electron chi connectivity index (χ1n) is 9.55. The summed E-state index contributed by atoms with van der Waals surface area (Å²) in [6.45, 7) is 4.18. The fourth-order valence-electron chi connectivity index (χ4n) is 3.12. The van der Waals surface area contributed by atoms with Gasteiger partial charge in [-0.2, -0.15) is 0 Å². The minimum atomic E-state index is -0.672. The first-order valence-corrected chi connectivity index (χ1v) is 9.55. The number of imide groups is 1. The molecule has 1 aliphatic rings. The summed E-state index contributed by atoms with van der Waals surface area (Å²) in [6.07, 6.45) is 0.812. The van der Waals surface area contributed by atoms with Gasteiger partial charge < -0.3 is 10.6 Å². The molecule has 2 aromatic rings. The Labute approximate surface area is 169 Å². The zero-order valence-corrected chi connectivity index (χ0v) is 16.4. The van der Waals surface area contributed by atoms with Gasteiger partial charge in [-0.25, -0.2) is 0 Å². The van der Waals surface area contributed by atoms with Gasteiger partial charge in [-0.05, 0) is 43.2 Å². The molecule has 150 valence electrons. The molecule has 3 rings (SSSR count). The van der Waals surface area contributed by atoms with E-state index in [1.807, 2.05) is 6.92 Å². The first-order chi connectivity index (χ1) is 13.9. The highest BCUT2D eigenvalue weighted by Crippen LogP contribution is 2.24. The van der Waals surface area contributed by atoms with Crippen LogP contribution in [0, 0.1) is 0 Å². The molecule has 29 heavy (non-hydrogen) atoms. The van der Waals surface area contributed by atoms with Gasteiger partial charge in [0.2, 0.25) is 5.91 Å². The van der Waals surface area contributed by atoms with Crippen LogP contribution in [0.4, 0.5) is 0 Å². The number of carbonyl (C=O) groups is 4. The van der Waals surface area contributed by atoms with Crippen LogP contribution >= 0.6 is 0 Å². The van der Waals surface area contributed by atoms with Crippen molar-refractivity contribution in [3.05, 3.63) is 70.8 Å². The summed E-state index contributed by atoms with van der Waals surface area (Å²) < 4.78 is 0. The Bertz CT molecular complexity index is 935. The van der Waals surface area contributed by atoms with E-state index in [0.717, 1.165) is 6.42 Å². The van der Waals surface area contributed by atoms with Crippen LogP contribution in [-0.4, -0.2) is 41.1 Å². The first kappa shape index (κ1) is 20.3. The molecule has 0 saturated heterocycles. The number of hydrogen-bond donors (Lipinski definition) is 2. The van der Waals surface area contributed by atoms with Crippen molar-refractivity contribution >= 4 is 23.6 Å². The van der Waals surface area contributed by atoms with E-state index in [1.54, 1.807) is 55.5 Å². The van der Waals surface area contributed by atoms with Gasteiger partial charge in [0.1, 0.15) is 6.04 Å². The van der Waals surface area contributed by atoms with Crippen molar-refractivity contribution in [2.24, 2.45) is 0 Å². The molecule has 1 unspecified atom stereocenters. The van der Waals surface area contributed by atoms with Crippen LogP contribution in [-0.2, 0) is 11.3 Å². The molecule has 1 heterocycles. The Morgan fingerprint density at radius 2 is 1.66 bits per heavy atom. The molecule has 0 fully saturated rings. The quantitative estimate of drug-likeness (QED) is 0.705. The Kier molecular flexibility index (Phi) is 6.07. The summed E-state index contributed by atoms with van der Waals surface area (Å²) in [6, 6.07) is 12.7. The molecule has 2 N–H and O–H groups in total. The zero-order chi connectivity index (χ0) is 21.0. The highest BCUT2D eigenvalue weighted by Gasteiger charge is 2.35. The maximum absolute atomic E-state index is 12.5. The standard InChI is InChI=1S/C22H23N3O4/c1-3-11-23-19(26)14(2)24-20(27)16-8-6-7-15(12-16)13-25-21(28)17-9-4-5-10-18(17)22(25)29/h4-10,12,14H,3,11,13H2,1-2H3,(H,23,26)(H,24,27). The normalized spacial score (nSPS) is 13.8. The van der Waals surface area contributed by atoms with E-state index >= 15 is 0 Å². The number of amides is 4. The van der Waals surface area contributed by atoms with E-state index in [-0.39, 0.29) is 24.3 Å². The van der Waals surface area contributed by atoms with Gasteiger partial charge in [-0.15, -0.1) is 0 Å². The number of nitrogens with zero attached hydrogens (tertiary/aromatic N) is 1. The average molecular weight is 393 g/mol. The van der Waals surface area contributed by atoms with Crippen molar-refractivity contribution in [1.82, 2.24) is 15.5 Å². The number of hydrogen-bond acceptors (Lipinski definition) is 4. The van der Waals surface area contributed by atoms with E-state index in [9.17, 15) is 19.2 Å². The fourth-order valence-corrected chi connectivity index (χ4v) is 3.12. The molecule has 2 aromatic carbocycles. The maximum atomic E-state index is 12.5. The van der Waals surface area contributed by atoms with Gasteiger partial charge >= 0.3 is 0 Å². The SMILES string of the molecule is CCCNC(=O)C(C)NC(=O)c1cccc(CN2C(=O)c3ccccc3C2=O)c1. The molecule has 7 nitrogen and oxygen atoms in total. The van der Waals surface area contributed by atoms with Gasteiger partial charge in [-0.3, -0.25) is 24.1 Å². The van der Waals surface area contributed by atoms with E-state index in [0.29, 0.717) is 28.8 Å². The van der Waals surface area contributed by atoms with E-state index in [1.165, 1.54) is 4.90 Å². The van der Waals surface area contributed by atoms with Gasteiger partial charge in [-0.1, -0.05) is 31.2 Å². The summed E-state index contributed by atoms with van der Waals surface area (Å²) in [7, 11) is 0. The van der Waals surface area contributed by atoms with Gasteiger partial charge in [0.25, 0.3) is 17.7 Å². The van der Waals surface area contributed by atoms with Gasteiger partial charge in [0.05, 0.1) is 17.7 Å². The maximum Gasteiger partial charge on any atom is 0.261 e. The average Bonchev–Trinajstić information content (AvgIpc) is 2.97. The number of rotatable bonds is 7. The lowest BCUT2D eigenvalue weighted by atomic mass is 10.1. The van der Waals surface area contributed by atoms with Crippen LogP contribution in [0.2, 0.25) is 0 Å². The van der Waals surface area contributed by atoms with Crippen LogP contribution < -0.4 is 10.6 Å². The number of benzene rings is 2. The van der Waals surface area contributed by atoms with E-state index in [2.05, 4.69) is 10.6 Å². The van der Waals surface area contributed by atoms with Crippen molar-refractivity contribution in [3.63, 3.8) is 0 Å². The van der Waals surface area contributed by atoms with Crippen molar-refractivity contribution in [3.8, 4) is 0 Å².